The molecular formula is C11H20N2O4. The number of carbonyl (C=O) groups is 2. The van der Waals surface area contributed by atoms with Crippen molar-refractivity contribution < 1.29 is 19.4 Å². The molecular weight excluding hydrogens is 224 g/mol. The number of hydrogen-bond acceptors (Lipinski definition) is 3. The van der Waals surface area contributed by atoms with Crippen LogP contribution in [0.15, 0.2) is 0 Å². The second kappa shape index (κ2) is 6.44. The third-order valence-corrected chi connectivity index (χ3v) is 2.99. The highest BCUT2D eigenvalue weighted by Crippen LogP contribution is 2.16. The molecule has 0 aromatic carbocycles. The maximum atomic E-state index is 11.9. The highest BCUT2D eigenvalue weighted by molar-refractivity contribution is 5.82. The number of rotatable bonds is 4. The zero-order chi connectivity index (χ0) is 12.8. The number of carbonyl (C=O) groups excluding carboxylic acids is 1. The molecule has 0 saturated carbocycles. The molecule has 6 nitrogen and oxygen atoms in total. The maximum Gasteiger partial charge on any atom is 0.328 e. The Morgan fingerprint density at radius 3 is 2.76 bits per heavy atom. The number of urea groups is 1. The van der Waals surface area contributed by atoms with Crippen molar-refractivity contribution in [1.82, 2.24) is 10.2 Å². The van der Waals surface area contributed by atoms with Gasteiger partial charge in [-0.1, -0.05) is 0 Å². The molecule has 98 valence electrons. The van der Waals surface area contributed by atoms with Crippen LogP contribution in [0.5, 0.6) is 0 Å². The molecule has 2 amide bonds. The third-order valence-electron chi connectivity index (χ3n) is 2.99. The van der Waals surface area contributed by atoms with E-state index in [0.717, 1.165) is 19.3 Å². The highest BCUT2D eigenvalue weighted by atomic mass is 16.5. The van der Waals surface area contributed by atoms with E-state index in [-0.39, 0.29) is 18.7 Å². The number of ether oxygens (including phenoxy) is 1. The lowest BCUT2D eigenvalue weighted by Crippen LogP contribution is -2.53. The van der Waals surface area contributed by atoms with Crippen molar-refractivity contribution in [3.8, 4) is 0 Å². The van der Waals surface area contributed by atoms with E-state index in [0.29, 0.717) is 6.54 Å². The Morgan fingerprint density at radius 2 is 2.24 bits per heavy atom. The molecule has 0 bridgehead atoms. The van der Waals surface area contributed by atoms with Crippen molar-refractivity contribution in [2.45, 2.75) is 38.3 Å². The maximum absolute atomic E-state index is 11.9. The van der Waals surface area contributed by atoms with Gasteiger partial charge in [-0.05, 0) is 26.2 Å². The average Bonchev–Trinajstić information content (AvgIpc) is 2.28. The van der Waals surface area contributed by atoms with E-state index >= 15 is 0 Å². The van der Waals surface area contributed by atoms with Crippen molar-refractivity contribution in [1.29, 1.82) is 0 Å². The standard InChI is InChI=1S/C11H20N2O4/c1-8-5-3-4-6-13(8)11(16)12-9(7-17-2)10(14)15/h8-9H,3-7H2,1-2H3,(H,12,16)(H,14,15). The molecule has 17 heavy (non-hydrogen) atoms. The normalized spacial score (nSPS) is 22.0. The minimum absolute atomic E-state index is 0.0245. The van der Waals surface area contributed by atoms with E-state index in [2.05, 4.69) is 5.32 Å². The minimum atomic E-state index is -1.08. The van der Waals surface area contributed by atoms with Crippen molar-refractivity contribution in [3.05, 3.63) is 0 Å². The first-order chi connectivity index (χ1) is 8.06. The lowest BCUT2D eigenvalue weighted by Gasteiger charge is -2.34. The summed E-state index contributed by atoms with van der Waals surface area (Å²) in [5.41, 5.74) is 0. The van der Waals surface area contributed by atoms with Gasteiger partial charge < -0.3 is 20.1 Å². The van der Waals surface area contributed by atoms with Crippen LogP contribution in [0.25, 0.3) is 0 Å². The Bertz CT molecular complexity index is 283. The van der Waals surface area contributed by atoms with Crippen molar-refractivity contribution in [2.24, 2.45) is 0 Å². The van der Waals surface area contributed by atoms with Crippen LogP contribution in [0.4, 0.5) is 4.79 Å². The number of aliphatic carboxylic acids is 1. The zero-order valence-electron chi connectivity index (χ0n) is 10.3. The zero-order valence-corrected chi connectivity index (χ0v) is 10.3. The minimum Gasteiger partial charge on any atom is -0.480 e. The second-order valence-electron chi connectivity index (χ2n) is 4.33. The quantitative estimate of drug-likeness (QED) is 0.762. The van der Waals surface area contributed by atoms with Crippen LogP contribution < -0.4 is 5.32 Å². The highest BCUT2D eigenvalue weighted by Gasteiger charge is 2.27. The molecule has 1 rings (SSSR count). The van der Waals surface area contributed by atoms with E-state index in [9.17, 15) is 9.59 Å². The smallest absolute Gasteiger partial charge is 0.328 e. The molecule has 1 heterocycles. The molecule has 2 unspecified atom stereocenters. The number of hydrogen-bond donors (Lipinski definition) is 2. The van der Waals surface area contributed by atoms with Crippen LogP contribution >= 0.6 is 0 Å². The molecule has 0 aromatic rings. The molecule has 1 fully saturated rings. The van der Waals surface area contributed by atoms with Crippen LogP contribution in [0.1, 0.15) is 26.2 Å². The summed E-state index contributed by atoms with van der Waals surface area (Å²) >= 11 is 0. The van der Waals surface area contributed by atoms with Gasteiger partial charge in [0.15, 0.2) is 6.04 Å². The summed E-state index contributed by atoms with van der Waals surface area (Å²) in [6.45, 7) is 2.64. The number of nitrogens with one attached hydrogen (secondary N) is 1. The van der Waals surface area contributed by atoms with Crippen LogP contribution in [0, 0.1) is 0 Å². The number of nitrogens with zero attached hydrogens (tertiary/aromatic N) is 1. The summed E-state index contributed by atoms with van der Waals surface area (Å²) in [4.78, 5) is 24.5. The Kier molecular flexibility index (Phi) is 5.21. The van der Waals surface area contributed by atoms with Gasteiger partial charge in [-0.3, -0.25) is 0 Å². The number of piperidine rings is 1. The lowest BCUT2D eigenvalue weighted by molar-refractivity contribution is -0.140. The Labute approximate surface area is 101 Å². The van der Waals surface area contributed by atoms with E-state index < -0.39 is 12.0 Å². The van der Waals surface area contributed by atoms with Crippen LogP contribution in [-0.2, 0) is 9.53 Å². The fraction of sp³-hybridized carbons (Fsp3) is 0.818. The summed E-state index contributed by atoms with van der Waals surface area (Å²) in [5.74, 6) is -1.08. The topological polar surface area (TPSA) is 78.9 Å². The van der Waals surface area contributed by atoms with Gasteiger partial charge in [0.25, 0.3) is 0 Å². The van der Waals surface area contributed by atoms with Crippen LogP contribution in [0.3, 0.4) is 0 Å². The summed E-state index contributed by atoms with van der Waals surface area (Å²) in [7, 11) is 1.41. The number of likely N-dealkylation sites (tertiary alicyclic amines) is 1. The molecule has 0 aliphatic carbocycles. The van der Waals surface area contributed by atoms with Gasteiger partial charge in [-0.25, -0.2) is 9.59 Å². The van der Waals surface area contributed by atoms with Gasteiger partial charge in [-0.15, -0.1) is 0 Å². The first-order valence-electron chi connectivity index (χ1n) is 5.85. The van der Waals surface area contributed by atoms with E-state index in [1.807, 2.05) is 6.92 Å². The van der Waals surface area contributed by atoms with Crippen LogP contribution in [-0.4, -0.2) is 54.4 Å². The van der Waals surface area contributed by atoms with Gasteiger partial charge in [0.2, 0.25) is 0 Å². The molecule has 1 saturated heterocycles. The Balaban J connectivity index is 2.53. The van der Waals surface area contributed by atoms with E-state index in [1.165, 1.54) is 7.11 Å². The molecule has 0 radical (unpaired) electrons. The van der Waals surface area contributed by atoms with Crippen LogP contribution in [0.2, 0.25) is 0 Å². The molecule has 1 aliphatic rings. The largest absolute Gasteiger partial charge is 0.480 e. The molecule has 2 N–H and O–H groups in total. The average molecular weight is 244 g/mol. The first kappa shape index (κ1) is 13.8. The first-order valence-corrected chi connectivity index (χ1v) is 5.85. The number of amides is 2. The lowest BCUT2D eigenvalue weighted by atomic mass is 10.0. The van der Waals surface area contributed by atoms with Gasteiger partial charge in [-0.2, -0.15) is 0 Å². The molecule has 2 atom stereocenters. The monoisotopic (exact) mass is 244 g/mol. The molecule has 1 aliphatic heterocycles. The van der Waals surface area contributed by atoms with Gasteiger partial charge in [0.1, 0.15) is 0 Å². The molecule has 0 spiro atoms. The number of methoxy groups -OCH3 is 1. The fourth-order valence-electron chi connectivity index (χ4n) is 1.97. The Morgan fingerprint density at radius 1 is 1.53 bits per heavy atom. The van der Waals surface area contributed by atoms with E-state index in [1.54, 1.807) is 4.90 Å². The van der Waals surface area contributed by atoms with Gasteiger partial charge in [0, 0.05) is 19.7 Å². The fourth-order valence-corrected chi connectivity index (χ4v) is 1.97. The summed E-state index contributed by atoms with van der Waals surface area (Å²) in [6, 6.07) is -1.14. The number of carboxylic acids is 1. The summed E-state index contributed by atoms with van der Waals surface area (Å²) in [5, 5.41) is 11.4. The predicted molar refractivity (Wildman–Crippen MR) is 61.9 cm³/mol. The summed E-state index contributed by atoms with van der Waals surface area (Å²) in [6.07, 6.45) is 3.06. The second-order valence-corrected chi connectivity index (χ2v) is 4.33. The van der Waals surface area contributed by atoms with Gasteiger partial charge >= 0.3 is 12.0 Å². The number of carboxylic acid groups (broad SMARTS) is 1. The SMILES string of the molecule is COCC(NC(=O)N1CCCCC1C)C(=O)O. The Hall–Kier alpha value is -1.30. The van der Waals surface area contributed by atoms with E-state index in [4.69, 9.17) is 9.84 Å². The third kappa shape index (κ3) is 3.89. The van der Waals surface area contributed by atoms with Crippen molar-refractivity contribution in [2.75, 3.05) is 20.3 Å². The summed E-state index contributed by atoms with van der Waals surface area (Å²) < 4.78 is 4.77. The molecule has 0 aromatic heterocycles. The van der Waals surface area contributed by atoms with Gasteiger partial charge in [0.05, 0.1) is 6.61 Å². The van der Waals surface area contributed by atoms with Crippen molar-refractivity contribution >= 4 is 12.0 Å². The van der Waals surface area contributed by atoms with Crippen molar-refractivity contribution in [3.63, 3.8) is 0 Å². The molecule has 6 heteroatoms. The predicted octanol–water partition coefficient (Wildman–Crippen LogP) is 0.670.